The second-order valence-corrected chi connectivity index (χ2v) is 5.76. The number of carboxylic acid groups (broad SMARTS) is 1. The highest BCUT2D eigenvalue weighted by molar-refractivity contribution is 5.77. The number of hydrogen-bond acceptors (Lipinski definition) is 4. The average Bonchev–Trinajstić information content (AvgIpc) is 3.12. The lowest BCUT2D eigenvalue weighted by molar-refractivity contribution is -0.144. The van der Waals surface area contributed by atoms with Crippen molar-refractivity contribution < 1.29 is 9.90 Å². The molecule has 0 amide bonds. The number of aryl methyl sites for hydroxylation is 3. The van der Waals surface area contributed by atoms with E-state index in [1.165, 1.54) is 11.1 Å². The van der Waals surface area contributed by atoms with Crippen molar-refractivity contribution in [3.63, 3.8) is 0 Å². The SMILES string of the molecule is Cc1ccccc1CCc1nnnn1CC1(C(=O)O)CC1. The zero-order valence-electron chi connectivity index (χ0n) is 12.0. The van der Waals surface area contributed by atoms with Gasteiger partial charge in [0.25, 0.3) is 0 Å². The molecule has 1 aliphatic carbocycles. The Hall–Kier alpha value is -2.24. The summed E-state index contributed by atoms with van der Waals surface area (Å²) in [4.78, 5) is 11.3. The minimum absolute atomic E-state index is 0.373. The third-order valence-corrected chi connectivity index (χ3v) is 4.24. The number of tetrazole rings is 1. The van der Waals surface area contributed by atoms with E-state index in [-0.39, 0.29) is 0 Å². The monoisotopic (exact) mass is 286 g/mol. The Kier molecular flexibility index (Phi) is 3.45. The zero-order chi connectivity index (χ0) is 14.9. The normalized spacial score (nSPS) is 15.9. The molecule has 0 radical (unpaired) electrons. The number of rotatable bonds is 6. The van der Waals surface area contributed by atoms with E-state index in [1.807, 2.05) is 12.1 Å². The number of aliphatic carboxylic acids is 1. The van der Waals surface area contributed by atoms with Gasteiger partial charge in [0.05, 0.1) is 12.0 Å². The van der Waals surface area contributed by atoms with E-state index < -0.39 is 11.4 Å². The molecule has 110 valence electrons. The van der Waals surface area contributed by atoms with Crippen molar-refractivity contribution in [1.82, 2.24) is 20.2 Å². The summed E-state index contributed by atoms with van der Waals surface area (Å²) in [6, 6.07) is 8.23. The minimum atomic E-state index is -0.747. The van der Waals surface area contributed by atoms with E-state index in [4.69, 9.17) is 0 Å². The molecule has 1 aromatic heterocycles. The lowest BCUT2D eigenvalue weighted by Gasteiger charge is -2.11. The number of carbonyl (C=O) groups is 1. The molecule has 1 N–H and O–H groups in total. The van der Waals surface area contributed by atoms with Crippen LogP contribution in [0.15, 0.2) is 24.3 Å². The number of hydrogen-bond donors (Lipinski definition) is 1. The Morgan fingerprint density at radius 2 is 2.10 bits per heavy atom. The summed E-state index contributed by atoms with van der Waals surface area (Å²) in [7, 11) is 0. The molecule has 1 saturated carbocycles. The zero-order valence-corrected chi connectivity index (χ0v) is 12.0. The standard InChI is InChI=1S/C15H18N4O2/c1-11-4-2-3-5-12(11)6-7-13-16-17-18-19(13)10-15(8-9-15)14(20)21/h2-5H,6-10H2,1H3,(H,20,21). The van der Waals surface area contributed by atoms with Crippen LogP contribution in [0, 0.1) is 12.3 Å². The van der Waals surface area contributed by atoms with Crippen LogP contribution in [-0.2, 0) is 24.2 Å². The highest BCUT2D eigenvalue weighted by Gasteiger charge is 2.51. The molecule has 0 bridgehead atoms. The van der Waals surface area contributed by atoms with Crippen LogP contribution in [0.1, 0.15) is 29.8 Å². The summed E-state index contributed by atoms with van der Waals surface area (Å²) in [5.41, 5.74) is 1.87. The highest BCUT2D eigenvalue weighted by atomic mass is 16.4. The van der Waals surface area contributed by atoms with Gasteiger partial charge in [0.2, 0.25) is 0 Å². The molecule has 0 unspecified atom stereocenters. The molecule has 2 aromatic rings. The van der Waals surface area contributed by atoms with Crippen LogP contribution >= 0.6 is 0 Å². The molecule has 0 saturated heterocycles. The van der Waals surface area contributed by atoms with E-state index in [9.17, 15) is 9.90 Å². The first kappa shape index (κ1) is 13.7. The largest absolute Gasteiger partial charge is 0.481 e. The molecule has 6 nitrogen and oxygen atoms in total. The maximum absolute atomic E-state index is 11.3. The van der Waals surface area contributed by atoms with Crippen LogP contribution in [0.3, 0.4) is 0 Å². The maximum atomic E-state index is 11.3. The summed E-state index contributed by atoms with van der Waals surface area (Å²) >= 11 is 0. The van der Waals surface area contributed by atoms with Gasteiger partial charge >= 0.3 is 5.97 Å². The number of benzene rings is 1. The van der Waals surface area contributed by atoms with Gasteiger partial charge in [-0.3, -0.25) is 4.79 Å². The Morgan fingerprint density at radius 3 is 2.76 bits per heavy atom. The minimum Gasteiger partial charge on any atom is -0.481 e. The number of aromatic nitrogens is 4. The van der Waals surface area contributed by atoms with Crippen molar-refractivity contribution in [1.29, 1.82) is 0 Å². The molecular formula is C15H18N4O2. The van der Waals surface area contributed by atoms with E-state index >= 15 is 0 Å². The van der Waals surface area contributed by atoms with Gasteiger partial charge in [-0.05, 0) is 47.7 Å². The Bertz CT molecular complexity index is 661. The fraction of sp³-hybridized carbons (Fsp3) is 0.467. The van der Waals surface area contributed by atoms with Crippen molar-refractivity contribution in [2.75, 3.05) is 0 Å². The van der Waals surface area contributed by atoms with Crippen molar-refractivity contribution in [2.24, 2.45) is 5.41 Å². The fourth-order valence-corrected chi connectivity index (χ4v) is 2.54. The van der Waals surface area contributed by atoms with Crippen LogP contribution in [0.5, 0.6) is 0 Å². The maximum Gasteiger partial charge on any atom is 0.311 e. The van der Waals surface area contributed by atoms with Gasteiger partial charge < -0.3 is 5.11 Å². The molecule has 0 spiro atoms. The molecule has 1 aromatic carbocycles. The summed E-state index contributed by atoms with van der Waals surface area (Å²) in [5, 5.41) is 20.9. The quantitative estimate of drug-likeness (QED) is 0.873. The van der Waals surface area contributed by atoms with E-state index in [2.05, 4.69) is 34.6 Å². The number of nitrogens with zero attached hydrogens (tertiary/aromatic N) is 4. The van der Waals surface area contributed by atoms with Crippen molar-refractivity contribution in [2.45, 2.75) is 39.2 Å². The van der Waals surface area contributed by atoms with E-state index in [1.54, 1.807) is 4.68 Å². The van der Waals surface area contributed by atoms with Gasteiger partial charge in [0.1, 0.15) is 0 Å². The fourth-order valence-electron chi connectivity index (χ4n) is 2.54. The summed E-state index contributed by atoms with van der Waals surface area (Å²) in [5.74, 6) is 0.00799. The molecule has 1 heterocycles. The summed E-state index contributed by atoms with van der Waals surface area (Å²) in [6.07, 6.45) is 2.99. The first-order valence-electron chi connectivity index (χ1n) is 7.14. The number of carboxylic acids is 1. The molecule has 1 fully saturated rings. The predicted octanol–water partition coefficient (Wildman–Crippen LogP) is 1.63. The summed E-state index contributed by atoms with van der Waals surface area (Å²) in [6.45, 7) is 2.46. The third-order valence-electron chi connectivity index (χ3n) is 4.24. The lowest BCUT2D eigenvalue weighted by Crippen LogP contribution is -2.23. The van der Waals surface area contributed by atoms with Gasteiger partial charge in [-0.1, -0.05) is 24.3 Å². The molecule has 3 rings (SSSR count). The van der Waals surface area contributed by atoms with Gasteiger partial charge in [0, 0.05) is 6.42 Å². The van der Waals surface area contributed by atoms with Gasteiger partial charge in [0.15, 0.2) is 5.82 Å². The average molecular weight is 286 g/mol. The van der Waals surface area contributed by atoms with Gasteiger partial charge in [-0.15, -0.1) is 5.10 Å². The predicted molar refractivity (Wildman–Crippen MR) is 75.7 cm³/mol. The van der Waals surface area contributed by atoms with Gasteiger partial charge in [-0.25, -0.2) is 4.68 Å². The Balaban J connectivity index is 1.69. The van der Waals surface area contributed by atoms with Crippen LogP contribution < -0.4 is 0 Å². The van der Waals surface area contributed by atoms with E-state index in [0.29, 0.717) is 25.8 Å². The van der Waals surface area contributed by atoms with Crippen molar-refractivity contribution in [3.8, 4) is 0 Å². The first-order chi connectivity index (χ1) is 10.1. The second kappa shape index (κ2) is 5.27. The van der Waals surface area contributed by atoms with Crippen LogP contribution in [0.2, 0.25) is 0 Å². The molecule has 0 atom stereocenters. The van der Waals surface area contributed by atoms with E-state index in [0.717, 1.165) is 12.2 Å². The molecule has 21 heavy (non-hydrogen) atoms. The van der Waals surface area contributed by atoms with Crippen molar-refractivity contribution >= 4 is 5.97 Å². The second-order valence-electron chi connectivity index (χ2n) is 5.76. The van der Waals surface area contributed by atoms with Gasteiger partial charge in [-0.2, -0.15) is 0 Å². The van der Waals surface area contributed by atoms with Crippen LogP contribution in [0.25, 0.3) is 0 Å². The lowest BCUT2D eigenvalue weighted by atomic mass is 10.0. The summed E-state index contributed by atoms with van der Waals surface area (Å²) < 4.78 is 1.65. The molecule has 1 aliphatic rings. The van der Waals surface area contributed by atoms with Crippen LogP contribution in [-0.4, -0.2) is 31.3 Å². The Labute approximate surface area is 122 Å². The molecule has 0 aliphatic heterocycles. The molecule has 6 heteroatoms. The van der Waals surface area contributed by atoms with Crippen molar-refractivity contribution in [3.05, 3.63) is 41.2 Å². The van der Waals surface area contributed by atoms with Crippen LogP contribution in [0.4, 0.5) is 0 Å². The third kappa shape index (κ3) is 2.79. The highest BCUT2D eigenvalue weighted by Crippen LogP contribution is 2.47. The molecular weight excluding hydrogens is 268 g/mol. The first-order valence-corrected chi connectivity index (χ1v) is 7.14. The smallest absolute Gasteiger partial charge is 0.311 e. The topological polar surface area (TPSA) is 80.9 Å². The Morgan fingerprint density at radius 1 is 1.33 bits per heavy atom.